The first kappa shape index (κ1) is 28.3. The molecular formula is C27H36O12. The summed E-state index contributed by atoms with van der Waals surface area (Å²) in [5.74, 6) is -3.71. The van der Waals surface area contributed by atoms with E-state index in [9.17, 15) is 50.1 Å². The van der Waals surface area contributed by atoms with Crippen molar-refractivity contribution < 1.29 is 59.6 Å². The zero-order valence-electron chi connectivity index (χ0n) is 21.8. The van der Waals surface area contributed by atoms with E-state index in [2.05, 4.69) is 0 Å². The fraction of sp³-hybridized carbons (Fsp3) is 0.741. The molecule has 1 saturated heterocycles. The summed E-state index contributed by atoms with van der Waals surface area (Å²) >= 11 is 0. The average molecular weight is 553 g/mol. The number of carbonyl (C=O) groups excluding carboxylic acids is 2. The predicted octanol–water partition coefficient (Wildman–Crippen LogP) is -1.21. The zero-order chi connectivity index (χ0) is 28.7. The van der Waals surface area contributed by atoms with Crippen molar-refractivity contribution in [1.82, 2.24) is 0 Å². The van der Waals surface area contributed by atoms with Crippen molar-refractivity contribution in [3.63, 3.8) is 0 Å². The molecule has 12 atom stereocenters. The summed E-state index contributed by atoms with van der Waals surface area (Å²) in [4.78, 5) is 37.1. The van der Waals surface area contributed by atoms with Crippen LogP contribution in [0, 0.1) is 28.6 Å². The van der Waals surface area contributed by atoms with Crippen molar-refractivity contribution in [3.8, 4) is 0 Å². The molecule has 0 radical (unpaired) electrons. The molecule has 0 aromatic heterocycles. The summed E-state index contributed by atoms with van der Waals surface area (Å²) in [6, 6.07) is 0. The van der Waals surface area contributed by atoms with Crippen molar-refractivity contribution in [2.24, 2.45) is 28.6 Å². The molecule has 5 rings (SSSR count). The van der Waals surface area contributed by atoms with Gasteiger partial charge in [0.2, 0.25) is 12.1 Å². The van der Waals surface area contributed by atoms with Gasteiger partial charge in [0.1, 0.15) is 30.5 Å². The van der Waals surface area contributed by atoms with Crippen molar-refractivity contribution >= 4 is 17.5 Å². The molecule has 5 aliphatic rings. The molecule has 0 spiro atoms. The Morgan fingerprint density at radius 3 is 2.44 bits per heavy atom. The molecule has 0 aromatic rings. The number of carboxylic acid groups (broad SMARTS) is 1. The highest BCUT2D eigenvalue weighted by Gasteiger charge is 2.68. The Labute approximate surface area is 224 Å². The Bertz CT molecular complexity index is 1130. The van der Waals surface area contributed by atoms with Crippen LogP contribution in [0.25, 0.3) is 0 Å². The molecule has 0 amide bonds. The van der Waals surface area contributed by atoms with Gasteiger partial charge in [-0.15, -0.1) is 0 Å². The molecule has 4 aliphatic carbocycles. The van der Waals surface area contributed by atoms with E-state index in [0.29, 0.717) is 19.3 Å². The fourth-order valence-electron chi connectivity index (χ4n) is 8.35. The van der Waals surface area contributed by atoms with E-state index in [0.717, 1.165) is 5.57 Å². The normalized spacial score (nSPS) is 49.2. The van der Waals surface area contributed by atoms with E-state index < -0.39 is 83.3 Å². The lowest BCUT2D eigenvalue weighted by molar-refractivity contribution is -0.284. The second kappa shape index (κ2) is 9.44. The van der Waals surface area contributed by atoms with Crippen LogP contribution >= 0.6 is 0 Å². The summed E-state index contributed by atoms with van der Waals surface area (Å²) in [6.45, 7) is 2.86. The largest absolute Gasteiger partial charge is 0.479 e. The number of aliphatic hydroxyl groups is 6. The summed E-state index contributed by atoms with van der Waals surface area (Å²) < 4.78 is 10.8. The number of fused-ring (bicyclic) bond motifs is 5. The lowest BCUT2D eigenvalue weighted by Crippen LogP contribution is -2.62. The fourth-order valence-corrected chi connectivity index (χ4v) is 8.35. The first-order valence-corrected chi connectivity index (χ1v) is 13.3. The maximum absolute atomic E-state index is 13.0. The number of carboxylic acids is 1. The molecule has 3 saturated carbocycles. The number of allylic oxidation sites excluding steroid dienone is 3. The molecule has 39 heavy (non-hydrogen) atoms. The molecule has 12 heteroatoms. The predicted molar refractivity (Wildman–Crippen MR) is 129 cm³/mol. The molecular weight excluding hydrogens is 516 g/mol. The van der Waals surface area contributed by atoms with Crippen LogP contribution in [0.1, 0.15) is 46.0 Å². The SMILES string of the molecule is C[C@]12C=C(O[C@@H]3O[C@H](C(=O)O)[C@@H](O)[C@H](O)[C@H]3O)C(=O)C=C1CC[C@@H]1[C@@H]2C(O)C[C@@]2(C)[C@H]1CC[C@]2(O)C(=O)CO. The van der Waals surface area contributed by atoms with Gasteiger partial charge >= 0.3 is 5.97 Å². The lowest BCUT2D eigenvalue weighted by Gasteiger charge is -2.59. The second-order valence-electron chi connectivity index (χ2n) is 12.2. The van der Waals surface area contributed by atoms with Gasteiger partial charge in [0.05, 0.1) is 6.10 Å². The molecule has 216 valence electrons. The third kappa shape index (κ3) is 3.95. The minimum atomic E-state index is -1.91. The average Bonchev–Trinajstić information content (AvgIpc) is 3.14. The first-order valence-electron chi connectivity index (χ1n) is 13.3. The van der Waals surface area contributed by atoms with Crippen LogP contribution in [0.2, 0.25) is 0 Å². The summed E-state index contributed by atoms with van der Waals surface area (Å²) in [5, 5.41) is 72.2. The first-order chi connectivity index (χ1) is 18.2. The maximum atomic E-state index is 13.0. The van der Waals surface area contributed by atoms with Crippen LogP contribution in [0.15, 0.2) is 23.5 Å². The maximum Gasteiger partial charge on any atom is 0.335 e. The number of hydrogen-bond donors (Lipinski definition) is 7. The Kier molecular flexibility index (Phi) is 6.86. The Hall–Kier alpha value is -2.19. The molecule has 1 unspecified atom stereocenters. The molecule has 4 fully saturated rings. The molecule has 0 aromatic carbocycles. The highest BCUT2D eigenvalue weighted by atomic mass is 16.7. The van der Waals surface area contributed by atoms with Crippen molar-refractivity contribution in [3.05, 3.63) is 23.5 Å². The third-order valence-corrected chi connectivity index (χ3v) is 10.4. The molecule has 0 bridgehead atoms. The van der Waals surface area contributed by atoms with Crippen molar-refractivity contribution in [1.29, 1.82) is 0 Å². The lowest BCUT2D eigenvalue weighted by atomic mass is 9.46. The van der Waals surface area contributed by atoms with Crippen LogP contribution < -0.4 is 0 Å². The van der Waals surface area contributed by atoms with Gasteiger partial charge in [-0.05, 0) is 56.1 Å². The second-order valence-corrected chi connectivity index (χ2v) is 12.2. The topological polar surface area (TPSA) is 211 Å². The van der Waals surface area contributed by atoms with Crippen LogP contribution in [-0.2, 0) is 23.9 Å². The Morgan fingerprint density at radius 1 is 1.10 bits per heavy atom. The van der Waals surface area contributed by atoms with Crippen LogP contribution in [0.4, 0.5) is 0 Å². The van der Waals surface area contributed by atoms with Crippen LogP contribution in [0.3, 0.4) is 0 Å². The molecule has 7 N–H and O–H groups in total. The van der Waals surface area contributed by atoms with Gasteiger partial charge in [-0.2, -0.15) is 0 Å². The smallest absolute Gasteiger partial charge is 0.335 e. The van der Waals surface area contributed by atoms with E-state index in [1.54, 1.807) is 6.92 Å². The number of rotatable bonds is 5. The number of aliphatic carboxylic acids is 1. The van der Waals surface area contributed by atoms with Gasteiger partial charge in [0.15, 0.2) is 17.6 Å². The van der Waals surface area contributed by atoms with Crippen LogP contribution in [0.5, 0.6) is 0 Å². The van der Waals surface area contributed by atoms with E-state index in [1.807, 2.05) is 6.92 Å². The Balaban J connectivity index is 1.46. The van der Waals surface area contributed by atoms with E-state index >= 15 is 0 Å². The minimum absolute atomic E-state index is 0.108. The van der Waals surface area contributed by atoms with Gasteiger partial charge in [-0.1, -0.05) is 19.4 Å². The van der Waals surface area contributed by atoms with E-state index in [1.165, 1.54) is 12.2 Å². The number of hydrogen-bond acceptors (Lipinski definition) is 11. The molecule has 1 aliphatic heterocycles. The van der Waals surface area contributed by atoms with Gasteiger partial charge < -0.3 is 45.2 Å². The number of aliphatic hydroxyl groups excluding tert-OH is 5. The van der Waals surface area contributed by atoms with Crippen molar-refractivity contribution in [2.45, 2.75) is 88.4 Å². The van der Waals surface area contributed by atoms with Gasteiger partial charge in [-0.3, -0.25) is 9.59 Å². The number of Topliss-reactive ketones (excluding diaryl/α,β-unsaturated/α-hetero) is 1. The van der Waals surface area contributed by atoms with Gasteiger partial charge in [0.25, 0.3) is 0 Å². The molecule has 1 heterocycles. The van der Waals surface area contributed by atoms with Gasteiger partial charge in [-0.25, -0.2) is 4.79 Å². The van der Waals surface area contributed by atoms with Crippen LogP contribution in [-0.4, -0.2) is 102 Å². The quantitative estimate of drug-likeness (QED) is 0.214. The standard InChI is InChI=1S/C27H36O12/c1-25-9-16(38-24-21(34)19(32)20(33)22(39-24)23(35)36)14(29)7-11(25)3-4-12-13-5-6-27(37,17(31)10-28)26(13,2)8-15(30)18(12)25/h7,9,12-13,15,18-22,24,28,30,32-34,37H,3-6,8,10H2,1-2H3,(H,35,36)/t12-,13-,15?,18+,19-,20-,21+,22-,24+,25-,26-,27-/m0/s1. The summed E-state index contributed by atoms with van der Waals surface area (Å²) in [5.41, 5.74) is -2.81. The van der Waals surface area contributed by atoms with Gasteiger partial charge in [0, 0.05) is 16.7 Å². The van der Waals surface area contributed by atoms with Crippen molar-refractivity contribution in [2.75, 3.05) is 6.61 Å². The minimum Gasteiger partial charge on any atom is -0.479 e. The Morgan fingerprint density at radius 2 is 1.79 bits per heavy atom. The summed E-state index contributed by atoms with van der Waals surface area (Å²) in [7, 11) is 0. The highest BCUT2D eigenvalue weighted by molar-refractivity contribution is 6.04. The number of ether oxygens (including phenoxy) is 2. The van der Waals surface area contributed by atoms with E-state index in [4.69, 9.17) is 9.47 Å². The molecule has 12 nitrogen and oxygen atoms in total. The third-order valence-electron chi connectivity index (χ3n) is 10.4. The monoisotopic (exact) mass is 552 g/mol. The zero-order valence-corrected chi connectivity index (χ0v) is 21.8. The number of ketones is 2. The summed E-state index contributed by atoms with van der Waals surface area (Å²) in [6.07, 6.45) is -5.37. The number of carbonyl (C=O) groups is 3. The highest BCUT2D eigenvalue weighted by Crippen LogP contribution is 2.67. The van der Waals surface area contributed by atoms with E-state index in [-0.39, 0.29) is 30.4 Å².